The van der Waals surface area contributed by atoms with Gasteiger partial charge in [0, 0.05) is 41.2 Å². The van der Waals surface area contributed by atoms with Gasteiger partial charge >= 0.3 is 0 Å². The van der Waals surface area contributed by atoms with Crippen molar-refractivity contribution >= 4 is 44.8 Å². The quantitative estimate of drug-likeness (QED) is 0.492. The molecule has 25 heavy (non-hydrogen) atoms. The van der Waals surface area contributed by atoms with Crippen LogP contribution in [0, 0.1) is 13.8 Å². The predicted molar refractivity (Wildman–Crippen MR) is 107 cm³/mol. The summed E-state index contributed by atoms with van der Waals surface area (Å²) < 4.78 is 0.995. The summed E-state index contributed by atoms with van der Waals surface area (Å²) in [5.74, 6) is 0.615. The molecule has 0 unspecified atom stereocenters. The zero-order valence-electron chi connectivity index (χ0n) is 14.5. The first-order valence-electron chi connectivity index (χ1n) is 7.89. The lowest BCUT2D eigenvalue weighted by atomic mass is 10.2. The number of nitrogens with zero attached hydrogens (tertiary/aromatic N) is 2. The van der Waals surface area contributed by atoms with E-state index in [1.807, 2.05) is 38.2 Å². The van der Waals surface area contributed by atoms with Gasteiger partial charge in [-0.25, -0.2) is 4.98 Å². The van der Waals surface area contributed by atoms with Crippen molar-refractivity contribution in [2.75, 3.05) is 18.9 Å². The van der Waals surface area contributed by atoms with Crippen molar-refractivity contribution in [3.8, 4) is 0 Å². The summed E-state index contributed by atoms with van der Waals surface area (Å²) in [6.45, 7) is 5.10. The van der Waals surface area contributed by atoms with Crippen LogP contribution in [-0.4, -0.2) is 30.4 Å². The molecule has 0 aliphatic carbocycles. The summed E-state index contributed by atoms with van der Waals surface area (Å²) >= 11 is 5.06. The molecule has 0 saturated heterocycles. The van der Waals surface area contributed by atoms with E-state index in [2.05, 4.69) is 41.9 Å². The Morgan fingerprint density at radius 1 is 1.32 bits per heavy atom. The van der Waals surface area contributed by atoms with Crippen molar-refractivity contribution in [3.63, 3.8) is 0 Å². The molecule has 6 nitrogen and oxygen atoms in total. The van der Waals surface area contributed by atoms with Crippen LogP contribution >= 0.6 is 27.3 Å². The molecule has 0 spiro atoms. The lowest BCUT2D eigenvalue weighted by Crippen LogP contribution is -2.38. The zero-order valence-corrected chi connectivity index (χ0v) is 16.9. The van der Waals surface area contributed by atoms with Gasteiger partial charge in [0.25, 0.3) is 0 Å². The molecular weight excluding hydrogens is 402 g/mol. The maximum absolute atomic E-state index is 12.1. The number of guanidine groups is 1. The van der Waals surface area contributed by atoms with Crippen LogP contribution in [0.4, 0.5) is 5.69 Å². The fourth-order valence-corrected chi connectivity index (χ4v) is 3.34. The van der Waals surface area contributed by atoms with Gasteiger partial charge in [-0.05, 0) is 37.6 Å². The number of carbonyl (C=O) groups is 1. The van der Waals surface area contributed by atoms with Crippen LogP contribution < -0.4 is 16.0 Å². The molecule has 2 rings (SSSR count). The van der Waals surface area contributed by atoms with E-state index >= 15 is 0 Å². The highest BCUT2D eigenvalue weighted by molar-refractivity contribution is 9.10. The number of aliphatic imine (C=N–C) groups is 1. The van der Waals surface area contributed by atoms with E-state index in [4.69, 9.17) is 0 Å². The number of thiazole rings is 1. The molecule has 0 aliphatic rings. The number of anilines is 1. The maximum Gasteiger partial charge on any atom is 0.226 e. The molecule has 1 heterocycles. The SMILES string of the molecule is CN=C(NCCC(=O)Nc1ccc(Br)cc1C)NCc1ncc(C)s1. The highest BCUT2D eigenvalue weighted by Gasteiger charge is 2.06. The summed E-state index contributed by atoms with van der Waals surface area (Å²) in [5, 5.41) is 10.2. The van der Waals surface area contributed by atoms with Crippen LogP contribution in [-0.2, 0) is 11.3 Å². The standard InChI is InChI=1S/C17H22BrN5OS/c1-11-8-13(18)4-5-14(11)23-15(24)6-7-20-17(19-3)22-10-16-21-9-12(2)25-16/h4-5,8-9H,6-7,10H2,1-3H3,(H,23,24)(H2,19,20,22). The molecule has 8 heteroatoms. The topological polar surface area (TPSA) is 78.4 Å². The molecule has 1 aromatic carbocycles. The van der Waals surface area contributed by atoms with Gasteiger partial charge in [0.1, 0.15) is 5.01 Å². The number of hydrogen-bond acceptors (Lipinski definition) is 4. The molecular formula is C17H22BrN5OS. The van der Waals surface area contributed by atoms with Crippen molar-refractivity contribution in [3.05, 3.63) is 44.3 Å². The van der Waals surface area contributed by atoms with E-state index in [0.29, 0.717) is 25.5 Å². The Bertz CT molecular complexity index is 759. The molecule has 0 saturated carbocycles. The lowest BCUT2D eigenvalue weighted by Gasteiger charge is -2.12. The fourth-order valence-electron chi connectivity index (χ4n) is 2.14. The molecule has 0 aliphatic heterocycles. The normalized spacial score (nSPS) is 11.3. The van der Waals surface area contributed by atoms with Crippen LogP contribution in [0.2, 0.25) is 0 Å². The van der Waals surface area contributed by atoms with E-state index in [1.165, 1.54) is 4.88 Å². The Hall–Kier alpha value is -1.93. The van der Waals surface area contributed by atoms with Crippen LogP contribution in [0.3, 0.4) is 0 Å². The average Bonchev–Trinajstić information content (AvgIpc) is 2.99. The van der Waals surface area contributed by atoms with Gasteiger partial charge in [-0.3, -0.25) is 9.79 Å². The van der Waals surface area contributed by atoms with Crippen molar-refractivity contribution < 1.29 is 4.79 Å². The molecule has 134 valence electrons. The van der Waals surface area contributed by atoms with Gasteiger partial charge in [0.15, 0.2) is 5.96 Å². The molecule has 0 bridgehead atoms. The number of halogens is 1. The van der Waals surface area contributed by atoms with E-state index in [1.54, 1.807) is 18.4 Å². The maximum atomic E-state index is 12.1. The summed E-state index contributed by atoms with van der Waals surface area (Å²) in [7, 11) is 1.70. The summed E-state index contributed by atoms with van der Waals surface area (Å²) in [4.78, 5) is 21.7. The fraction of sp³-hybridized carbons (Fsp3) is 0.353. The molecule has 0 atom stereocenters. The summed E-state index contributed by atoms with van der Waals surface area (Å²) in [6, 6.07) is 5.77. The third kappa shape index (κ3) is 6.47. The van der Waals surface area contributed by atoms with Crippen LogP contribution in [0.5, 0.6) is 0 Å². The number of amides is 1. The minimum Gasteiger partial charge on any atom is -0.356 e. The Labute approximate surface area is 160 Å². The predicted octanol–water partition coefficient (Wildman–Crippen LogP) is 3.22. The number of nitrogens with one attached hydrogen (secondary N) is 3. The third-order valence-corrected chi connectivity index (χ3v) is 4.81. The number of rotatable bonds is 6. The molecule has 1 aromatic heterocycles. The minimum absolute atomic E-state index is 0.0380. The Morgan fingerprint density at radius 2 is 2.12 bits per heavy atom. The molecule has 3 N–H and O–H groups in total. The highest BCUT2D eigenvalue weighted by atomic mass is 79.9. The minimum atomic E-state index is -0.0380. The first-order valence-corrected chi connectivity index (χ1v) is 9.50. The smallest absolute Gasteiger partial charge is 0.226 e. The number of carbonyl (C=O) groups excluding carboxylic acids is 1. The van der Waals surface area contributed by atoms with Crippen LogP contribution in [0.25, 0.3) is 0 Å². The highest BCUT2D eigenvalue weighted by Crippen LogP contribution is 2.20. The van der Waals surface area contributed by atoms with Crippen molar-refractivity contribution in [1.29, 1.82) is 0 Å². The van der Waals surface area contributed by atoms with Crippen molar-refractivity contribution in [1.82, 2.24) is 15.6 Å². The molecule has 0 radical (unpaired) electrons. The Kier molecular flexibility index (Phi) is 7.39. The van der Waals surface area contributed by atoms with Crippen molar-refractivity contribution in [2.45, 2.75) is 26.8 Å². The monoisotopic (exact) mass is 423 g/mol. The van der Waals surface area contributed by atoms with Gasteiger partial charge in [-0.1, -0.05) is 15.9 Å². The van der Waals surface area contributed by atoms with E-state index in [9.17, 15) is 4.79 Å². The number of aryl methyl sites for hydroxylation is 2. The number of aromatic nitrogens is 1. The lowest BCUT2D eigenvalue weighted by molar-refractivity contribution is -0.116. The molecule has 1 amide bonds. The summed E-state index contributed by atoms with van der Waals surface area (Å²) in [6.07, 6.45) is 2.21. The molecule has 2 aromatic rings. The summed E-state index contributed by atoms with van der Waals surface area (Å²) in [5.41, 5.74) is 1.85. The van der Waals surface area contributed by atoms with Gasteiger partial charge in [0.2, 0.25) is 5.91 Å². The molecule has 0 fully saturated rings. The Morgan fingerprint density at radius 3 is 2.76 bits per heavy atom. The Balaban J connectivity index is 1.73. The van der Waals surface area contributed by atoms with Crippen LogP contribution in [0.1, 0.15) is 21.9 Å². The number of benzene rings is 1. The average molecular weight is 424 g/mol. The van der Waals surface area contributed by atoms with Gasteiger partial charge in [-0.2, -0.15) is 0 Å². The van der Waals surface area contributed by atoms with Crippen molar-refractivity contribution in [2.24, 2.45) is 4.99 Å². The van der Waals surface area contributed by atoms with E-state index in [0.717, 1.165) is 20.7 Å². The number of hydrogen-bond donors (Lipinski definition) is 3. The van der Waals surface area contributed by atoms with E-state index < -0.39 is 0 Å². The third-order valence-electron chi connectivity index (χ3n) is 3.41. The first kappa shape index (κ1) is 19.4. The van der Waals surface area contributed by atoms with E-state index in [-0.39, 0.29) is 5.91 Å². The largest absolute Gasteiger partial charge is 0.356 e. The first-order chi connectivity index (χ1) is 12.0. The van der Waals surface area contributed by atoms with Gasteiger partial charge in [0.05, 0.1) is 6.54 Å². The second kappa shape index (κ2) is 9.53. The zero-order chi connectivity index (χ0) is 18.2. The second-order valence-corrected chi connectivity index (χ2v) is 7.71. The van der Waals surface area contributed by atoms with Gasteiger partial charge in [-0.15, -0.1) is 11.3 Å². The van der Waals surface area contributed by atoms with Crippen LogP contribution in [0.15, 0.2) is 33.9 Å². The van der Waals surface area contributed by atoms with Gasteiger partial charge < -0.3 is 16.0 Å². The second-order valence-electron chi connectivity index (χ2n) is 5.47.